The van der Waals surface area contributed by atoms with Crippen LogP contribution in [-0.2, 0) is 4.74 Å². The molecule has 0 bridgehead atoms. The van der Waals surface area contributed by atoms with E-state index < -0.39 is 0 Å². The molecule has 1 aliphatic heterocycles. The minimum Gasteiger partial charge on any atom is -0.383 e. The van der Waals surface area contributed by atoms with Gasteiger partial charge in [0.05, 0.1) is 6.61 Å². The topological polar surface area (TPSA) is 41.6 Å². The summed E-state index contributed by atoms with van der Waals surface area (Å²) in [5.74, 6) is 0. The molecule has 1 aliphatic carbocycles. The van der Waals surface area contributed by atoms with Crippen molar-refractivity contribution in [3.05, 3.63) is 11.1 Å². The molecule has 90 valence electrons. The van der Waals surface area contributed by atoms with Crippen molar-refractivity contribution < 1.29 is 9.53 Å². The second kappa shape index (κ2) is 5.34. The third kappa shape index (κ3) is 2.98. The third-order valence-corrected chi connectivity index (χ3v) is 3.24. The third-order valence-electron chi connectivity index (χ3n) is 3.24. The molecule has 1 N–H and O–H groups in total. The minimum atomic E-state index is 0.0527. The van der Waals surface area contributed by atoms with E-state index in [4.69, 9.17) is 4.74 Å². The number of likely N-dealkylation sites (tertiary alicyclic amines) is 1. The Kier molecular flexibility index (Phi) is 3.83. The van der Waals surface area contributed by atoms with Gasteiger partial charge in [0.15, 0.2) is 0 Å². The Morgan fingerprint density at radius 3 is 2.44 bits per heavy atom. The molecule has 2 amide bonds. The van der Waals surface area contributed by atoms with Crippen molar-refractivity contribution in [1.82, 2.24) is 10.2 Å². The Bertz CT molecular complexity index is 283. The number of ether oxygens (including phenoxy) is 1. The van der Waals surface area contributed by atoms with E-state index in [-0.39, 0.29) is 6.03 Å². The van der Waals surface area contributed by atoms with Gasteiger partial charge in [0.25, 0.3) is 0 Å². The summed E-state index contributed by atoms with van der Waals surface area (Å²) in [5.41, 5.74) is 3.26. The van der Waals surface area contributed by atoms with Crippen molar-refractivity contribution >= 4 is 6.03 Å². The van der Waals surface area contributed by atoms with Crippen LogP contribution in [0.5, 0.6) is 0 Å². The number of nitrogens with zero attached hydrogens (tertiary/aromatic N) is 1. The molecule has 1 saturated heterocycles. The largest absolute Gasteiger partial charge is 0.383 e. The summed E-state index contributed by atoms with van der Waals surface area (Å²) in [6, 6.07) is 0.0527. The van der Waals surface area contributed by atoms with Crippen molar-refractivity contribution in [2.45, 2.75) is 25.7 Å². The van der Waals surface area contributed by atoms with Crippen LogP contribution in [0.1, 0.15) is 25.7 Å². The highest BCUT2D eigenvalue weighted by Gasteiger charge is 2.23. The fourth-order valence-electron chi connectivity index (χ4n) is 2.12. The molecule has 0 aromatic carbocycles. The van der Waals surface area contributed by atoms with Crippen LogP contribution >= 0.6 is 0 Å². The predicted octanol–water partition coefficient (Wildman–Crippen LogP) is 1.53. The first-order valence-corrected chi connectivity index (χ1v) is 6.02. The Labute approximate surface area is 96.6 Å². The van der Waals surface area contributed by atoms with E-state index in [0.29, 0.717) is 13.2 Å². The fraction of sp³-hybridized carbons (Fsp3) is 0.750. The molecule has 0 spiro atoms. The zero-order valence-corrected chi connectivity index (χ0v) is 9.92. The van der Waals surface area contributed by atoms with E-state index >= 15 is 0 Å². The zero-order chi connectivity index (χ0) is 11.4. The molecule has 0 aromatic heterocycles. The van der Waals surface area contributed by atoms with Crippen molar-refractivity contribution in [3.63, 3.8) is 0 Å². The van der Waals surface area contributed by atoms with Crippen LogP contribution in [0.25, 0.3) is 0 Å². The maximum absolute atomic E-state index is 11.7. The smallest absolute Gasteiger partial charge is 0.317 e. The quantitative estimate of drug-likeness (QED) is 0.583. The molecule has 0 aromatic rings. The SMILES string of the molecule is COCCNC(=O)N1CCC(=C2CC2)CC1. The van der Waals surface area contributed by atoms with Crippen molar-refractivity contribution in [3.8, 4) is 0 Å². The van der Waals surface area contributed by atoms with E-state index in [1.807, 2.05) is 4.90 Å². The van der Waals surface area contributed by atoms with Crippen LogP contribution in [0, 0.1) is 0 Å². The number of hydrogen-bond acceptors (Lipinski definition) is 2. The maximum Gasteiger partial charge on any atom is 0.317 e. The number of piperidine rings is 1. The molecular formula is C12H20N2O2. The van der Waals surface area contributed by atoms with Gasteiger partial charge < -0.3 is 15.0 Å². The number of urea groups is 1. The number of nitrogens with one attached hydrogen (secondary N) is 1. The molecule has 1 saturated carbocycles. The van der Waals surface area contributed by atoms with Gasteiger partial charge in [-0.1, -0.05) is 11.1 Å². The second-order valence-electron chi connectivity index (χ2n) is 4.42. The highest BCUT2D eigenvalue weighted by Crippen LogP contribution is 2.35. The van der Waals surface area contributed by atoms with Gasteiger partial charge in [-0.2, -0.15) is 0 Å². The van der Waals surface area contributed by atoms with Crippen LogP contribution in [0.2, 0.25) is 0 Å². The molecule has 16 heavy (non-hydrogen) atoms. The molecular weight excluding hydrogens is 204 g/mol. The monoisotopic (exact) mass is 224 g/mol. The lowest BCUT2D eigenvalue weighted by Gasteiger charge is -2.28. The lowest BCUT2D eigenvalue weighted by atomic mass is 10.0. The predicted molar refractivity (Wildman–Crippen MR) is 62.3 cm³/mol. The lowest BCUT2D eigenvalue weighted by Crippen LogP contribution is -2.44. The molecule has 4 heteroatoms. The summed E-state index contributed by atoms with van der Waals surface area (Å²) in [6.07, 6.45) is 4.75. The van der Waals surface area contributed by atoms with Gasteiger partial charge in [0, 0.05) is 26.7 Å². The summed E-state index contributed by atoms with van der Waals surface area (Å²) < 4.78 is 4.90. The number of methoxy groups -OCH3 is 1. The number of hydrogen-bond donors (Lipinski definition) is 1. The lowest BCUT2D eigenvalue weighted by molar-refractivity contribution is 0.177. The highest BCUT2D eigenvalue weighted by atomic mass is 16.5. The average molecular weight is 224 g/mol. The Balaban J connectivity index is 1.71. The summed E-state index contributed by atoms with van der Waals surface area (Å²) in [5, 5.41) is 2.86. The van der Waals surface area contributed by atoms with Crippen molar-refractivity contribution in [1.29, 1.82) is 0 Å². The van der Waals surface area contributed by atoms with Gasteiger partial charge in [-0.05, 0) is 25.7 Å². The van der Waals surface area contributed by atoms with Gasteiger partial charge in [-0.15, -0.1) is 0 Å². The normalized spacial score (nSPS) is 19.9. The molecule has 4 nitrogen and oxygen atoms in total. The molecule has 0 radical (unpaired) electrons. The Morgan fingerprint density at radius 1 is 1.25 bits per heavy atom. The first kappa shape index (κ1) is 11.5. The molecule has 0 atom stereocenters. The van der Waals surface area contributed by atoms with Gasteiger partial charge in [0.2, 0.25) is 0 Å². The fourth-order valence-corrected chi connectivity index (χ4v) is 2.12. The van der Waals surface area contributed by atoms with Gasteiger partial charge in [-0.25, -0.2) is 4.79 Å². The standard InChI is InChI=1S/C12H20N2O2/c1-16-9-6-13-12(15)14-7-4-11(5-8-14)10-2-3-10/h2-9H2,1H3,(H,13,15). The maximum atomic E-state index is 11.7. The molecule has 0 unspecified atom stereocenters. The van der Waals surface area contributed by atoms with E-state index in [1.54, 1.807) is 18.3 Å². The van der Waals surface area contributed by atoms with Crippen LogP contribution in [0.3, 0.4) is 0 Å². The highest BCUT2D eigenvalue weighted by molar-refractivity contribution is 5.74. The Hall–Kier alpha value is -1.03. The molecule has 2 fully saturated rings. The van der Waals surface area contributed by atoms with E-state index in [2.05, 4.69) is 5.32 Å². The van der Waals surface area contributed by atoms with E-state index in [9.17, 15) is 4.79 Å². The first-order chi connectivity index (χ1) is 7.81. The average Bonchev–Trinajstić information content (AvgIpc) is 3.13. The number of carbonyl (C=O) groups is 1. The summed E-state index contributed by atoms with van der Waals surface area (Å²) in [4.78, 5) is 13.6. The number of allylic oxidation sites excluding steroid dienone is 1. The van der Waals surface area contributed by atoms with Gasteiger partial charge in [-0.3, -0.25) is 0 Å². The number of carbonyl (C=O) groups excluding carboxylic acids is 1. The number of amides is 2. The Morgan fingerprint density at radius 2 is 1.88 bits per heavy atom. The van der Waals surface area contributed by atoms with Crippen LogP contribution in [0.4, 0.5) is 4.79 Å². The van der Waals surface area contributed by atoms with E-state index in [1.165, 1.54) is 12.8 Å². The van der Waals surface area contributed by atoms with Crippen molar-refractivity contribution in [2.24, 2.45) is 0 Å². The minimum absolute atomic E-state index is 0.0527. The zero-order valence-electron chi connectivity index (χ0n) is 9.92. The van der Waals surface area contributed by atoms with E-state index in [0.717, 1.165) is 25.9 Å². The second-order valence-corrected chi connectivity index (χ2v) is 4.42. The van der Waals surface area contributed by atoms with Crippen LogP contribution in [-0.4, -0.2) is 44.3 Å². The molecule has 1 heterocycles. The summed E-state index contributed by atoms with van der Waals surface area (Å²) >= 11 is 0. The van der Waals surface area contributed by atoms with Gasteiger partial charge in [0.1, 0.15) is 0 Å². The van der Waals surface area contributed by atoms with Crippen LogP contribution in [0.15, 0.2) is 11.1 Å². The summed E-state index contributed by atoms with van der Waals surface area (Å²) in [7, 11) is 1.64. The number of rotatable bonds is 3. The summed E-state index contributed by atoms with van der Waals surface area (Å²) in [6.45, 7) is 2.92. The van der Waals surface area contributed by atoms with Crippen molar-refractivity contribution in [2.75, 3.05) is 33.4 Å². The molecule has 2 aliphatic rings. The van der Waals surface area contributed by atoms with Crippen LogP contribution < -0.4 is 5.32 Å². The molecule has 2 rings (SSSR count). The first-order valence-electron chi connectivity index (χ1n) is 6.02. The van der Waals surface area contributed by atoms with Gasteiger partial charge >= 0.3 is 6.03 Å².